The first-order valence-electron chi connectivity index (χ1n) is 4.71. The number of nitrogens with two attached hydrogens (primary N) is 1. The Bertz CT molecular complexity index is 170. The third kappa shape index (κ3) is 4.88. The van der Waals surface area contributed by atoms with Gasteiger partial charge in [-0.25, -0.2) is 0 Å². The molecule has 0 aromatic rings. The van der Waals surface area contributed by atoms with E-state index in [0.29, 0.717) is 6.54 Å². The maximum atomic E-state index is 11.5. The fraction of sp³-hybridized carbons (Fsp3) is 0.900. The molecule has 0 aliphatic carbocycles. The standard InChI is InChI=1S/C10H21NO2/c1-7(2)8(6-11)9(12)13-10(3,4)5/h7-8H,6,11H2,1-5H3/t8-/m1/s1. The molecule has 0 amide bonds. The Morgan fingerprint density at radius 1 is 1.38 bits per heavy atom. The molecule has 3 nitrogen and oxygen atoms in total. The zero-order valence-electron chi connectivity index (χ0n) is 9.26. The number of rotatable bonds is 3. The van der Waals surface area contributed by atoms with Crippen LogP contribution in [0.15, 0.2) is 0 Å². The smallest absolute Gasteiger partial charge is 0.310 e. The number of carbonyl (C=O) groups is 1. The lowest BCUT2D eigenvalue weighted by Crippen LogP contribution is -2.35. The predicted molar refractivity (Wildman–Crippen MR) is 53.2 cm³/mol. The maximum Gasteiger partial charge on any atom is 0.310 e. The highest BCUT2D eigenvalue weighted by atomic mass is 16.6. The summed E-state index contributed by atoms with van der Waals surface area (Å²) in [4.78, 5) is 11.5. The Balaban J connectivity index is 4.23. The number of carbonyl (C=O) groups excluding carboxylic acids is 1. The summed E-state index contributed by atoms with van der Waals surface area (Å²) < 4.78 is 5.23. The van der Waals surface area contributed by atoms with Gasteiger partial charge in [0.1, 0.15) is 5.60 Å². The molecular weight excluding hydrogens is 166 g/mol. The third-order valence-corrected chi connectivity index (χ3v) is 1.77. The highest BCUT2D eigenvalue weighted by Crippen LogP contribution is 2.16. The number of esters is 1. The largest absolute Gasteiger partial charge is 0.460 e. The minimum Gasteiger partial charge on any atom is -0.460 e. The highest BCUT2D eigenvalue weighted by molar-refractivity contribution is 5.73. The van der Waals surface area contributed by atoms with E-state index in [1.54, 1.807) is 0 Å². The van der Waals surface area contributed by atoms with Crippen LogP contribution in [0.2, 0.25) is 0 Å². The van der Waals surface area contributed by atoms with Crippen molar-refractivity contribution in [3.63, 3.8) is 0 Å². The zero-order chi connectivity index (χ0) is 10.6. The Morgan fingerprint density at radius 3 is 2.08 bits per heavy atom. The molecular formula is C10H21NO2. The summed E-state index contributed by atoms with van der Waals surface area (Å²) in [7, 11) is 0. The maximum absolute atomic E-state index is 11.5. The molecule has 0 aliphatic rings. The van der Waals surface area contributed by atoms with Gasteiger partial charge in [0.05, 0.1) is 5.92 Å². The Morgan fingerprint density at radius 2 is 1.85 bits per heavy atom. The van der Waals surface area contributed by atoms with Crippen molar-refractivity contribution in [2.24, 2.45) is 17.6 Å². The van der Waals surface area contributed by atoms with Gasteiger partial charge in [0.15, 0.2) is 0 Å². The van der Waals surface area contributed by atoms with Gasteiger partial charge in [0, 0.05) is 6.54 Å². The van der Waals surface area contributed by atoms with Crippen LogP contribution >= 0.6 is 0 Å². The first kappa shape index (κ1) is 12.4. The van der Waals surface area contributed by atoms with Gasteiger partial charge >= 0.3 is 5.97 Å². The van der Waals surface area contributed by atoms with E-state index in [0.717, 1.165) is 0 Å². The van der Waals surface area contributed by atoms with Crippen molar-refractivity contribution >= 4 is 5.97 Å². The Hall–Kier alpha value is -0.570. The molecule has 13 heavy (non-hydrogen) atoms. The average molecular weight is 187 g/mol. The molecule has 0 spiro atoms. The van der Waals surface area contributed by atoms with E-state index in [2.05, 4.69) is 0 Å². The lowest BCUT2D eigenvalue weighted by atomic mass is 9.96. The second-order valence-electron chi connectivity index (χ2n) is 4.62. The normalized spacial score (nSPS) is 14.4. The second kappa shape index (κ2) is 4.61. The van der Waals surface area contributed by atoms with Gasteiger partial charge < -0.3 is 10.5 Å². The first-order valence-corrected chi connectivity index (χ1v) is 4.71. The molecule has 1 atom stereocenters. The summed E-state index contributed by atoms with van der Waals surface area (Å²) in [6, 6.07) is 0. The topological polar surface area (TPSA) is 52.3 Å². The van der Waals surface area contributed by atoms with Gasteiger partial charge in [0.25, 0.3) is 0 Å². The Kier molecular flexibility index (Phi) is 4.40. The summed E-state index contributed by atoms with van der Waals surface area (Å²) >= 11 is 0. The van der Waals surface area contributed by atoms with Crippen molar-refractivity contribution < 1.29 is 9.53 Å². The van der Waals surface area contributed by atoms with Crippen LogP contribution in [0.3, 0.4) is 0 Å². The van der Waals surface area contributed by atoms with Crippen LogP contribution in [0.25, 0.3) is 0 Å². The molecule has 3 heteroatoms. The SMILES string of the molecule is CC(C)[C@@H](CN)C(=O)OC(C)(C)C. The van der Waals surface area contributed by atoms with E-state index >= 15 is 0 Å². The summed E-state index contributed by atoms with van der Waals surface area (Å²) in [5, 5.41) is 0. The van der Waals surface area contributed by atoms with Crippen LogP contribution in [-0.2, 0) is 9.53 Å². The van der Waals surface area contributed by atoms with Crippen molar-refractivity contribution in [2.45, 2.75) is 40.2 Å². The van der Waals surface area contributed by atoms with E-state index < -0.39 is 5.60 Å². The van der Waals surface area contributed by atoms with Crippen LogP contribution in [0.4, 0.5) is 0 Å². The highest BCUT2D eigenvalue weighted by Gasteiger charge is 2.26. The molecule has 0 fully saturated rings. The molecule has 0 aliphatic heterocycles. The van der Waals surface area contributed by atoms with Gasteiger partial charge in [-0.1, -0.05) is 13.8 Å². The predicted octanol–water partition coefficient (Wildman–Crippen LogP) is 1.56. The first-order chi connectivity index (χ1) is 5.78. The molecule has 2 N–H and O–H groups in total. The molecule has 0 aromatic heterocycles. The van der Waals surface area contributed by atoms with Crippen LogP contribution in [0, 0.1) is 11.8 Å². The van der Waals surface area contributed by atoms with Crippen molar-refractivity contribution in [3.05, 3.63) is 0 Å². The van der Waals surface area contributed by atoms with Gasteiger partial charge in [-0.2, -0.15) is 0 Å². The molecule has 78 valence electrons. The van der Waals surface area contributed by atoms with E-state index in [-0.39, 0.29) is 17.8 Å². The van der Waals surface area contributed by atoms with Crippen LogP contribution in [0.5, 0.6) is 0 Å². The molecule has 0 unspecified atom stereocenters. The van der Waals surface area contributed by atoms with Gasteiger partial charge in [-0.15, -0.1) is 0 Å². The summed E-state index contributed by atoms with van der Waals surface area (Å²) in [5.74, 6) is -0.135. The number of ether oxygens (including phenoxy) is 1. The molecule has 0 radical (unpaired) electrons. The third-order valence-electron chi connectivity index (χ3n) is 1.77. The van der Waals surface area contributed by atoms with Crippen LogP contribution in [0.1, 0.15) is 34.6 Å². The summed E-state index contributed by atoms with van der Waals surface area (Å²) in [6.07, 6.45) is 0. The lowest BCUT2D eigenvalue weighted by Gasteiger charge is -2.24. The number of hydrogen-bond donors (Lipinski definition) is 1. The number of hydrogen-bond acceptors (Lipinski definition) is 3. The van der Waals surface area contributed by atoms with E-state index in [9.17, 15) is 4.79 Å². The zero-order valence-corrected chi connectivity index (χ0v) is 9.26. The molecule has 0 heterocycles. The van der Waals surface area contributed by atoms with E-state index in [1.165, 1.54) is 0 Å². The van der Waals surface area contributed by atoms with Crippen LogP contribution in [-0.4, -0.2) is 18.1 Å². The van der Waals surface area contributed by atoms with E-state index in [1.807, 2.05) is 34.6 Å². The fourth-order valence-corrected chi connectivity index (χ4v) is 1.02. The minimum absolute atomic E-state index is 0.181. The van der Waals surface area contributed by atoms with Gasteiger partial charge in [0.2, 0.25) is 0 Å². The fourth-order valence-electron chi connectivity index (χ4n) is 1.02. The summed E-state index contributed by atoms with van der Waals surface area (Å²) in [6.45, 7) is 9.88. The molecule has 0 saturated heterocycles. The quantitative estimate of drug-likeness (QED) is 0.682. The second-order valence-corrected chi connectivity index (χ2v) is 4.62. The minimum atomic E-state index is -0.417. The van der Waals surface area contributed by atoms with Crippen LogP contribution < -0.4 is 5.73 Å². The molecule has 0 aromatic carbocycles. The van der Waals surface area contributed by atoms with Crippen molar-refractivity contribution in [1.82, 2.24) is 0 Å². The van der Waals surface area contributed by atoms with Gasteiger partial charge in [-0.3, -0.25) is 4.79 Å². The summed E-state index contributed by atoms with van der Waals surface area (Å²) in [5.41, 5.74) is 5.08. The average Bonchev–Trinajstić information content (AvgIpc) is 1.82. The molecule has 0 rings (SSSR count). The Labute approximate surface area is 80.6 Å². The van der Waals surface area contributed by atoms with Gasteiger partial charge in [-0.05, 0) is 26.7 Å². The molecule has 0 bridgehead atoms. The van der Waals surface area contributed by atoms with Crippen molar-refractivity contribution in [2.75, 3.05) is 6.54 Å². The molecule has 0 saturated carbocycles. The van der Waals surface area contributed by atoms with Crippen molar-refractivity contribution in [1.29, 1.82) is 0 Å². The van der Waals surface area contributed by atoms with Crippen molar-refractivity contribution in [3.8, 4) is 0 Å². The van der Waals surface area contributed by atoms with E-state index in [4.69, 9.17) is 10.5 Å². The lowest BCUT2D eigenvalue weighted by molar-refractivity contribution is -0.161. The monoisotopic (exact) mass is 187 g/mol.